The Morgan fingerprint density at radius 1 is 1.19 bits per heavy atom. The summed E-state index contributed by atoms with van der Waals surface area (Å²) in [5.74, 6) is -0.791. The van der Waals surface area contributed by atoms with Gasteiger partial charge in [-0.2, -0.15) is 0 Å². The lowest BCUT2D eigenvalue weighted by Gasteiger charge is -2.18. The van der Waals surface area contributed by atoms with Gasteiger partial charge in [-0.05, 0) is 48.4 Å². The maximum Gasteiger partial charge on any atom is 0.339 e. The third-order valence-electron chi connectivity index (χ3n) is 3.91. The van der Waals surface area contributed by atoms with Crippen LogP contribution >= 0.6 is 11.6 Å². The number of hydrogen-bond acceptors (Lipinski definition) is 5. The predicted octanol–water partition coefficient (Wildman–Crippen LogP) is 2.81. The van der Waals surface area contributed by atoms with E-state index < -0.39 is 16.0 Å². The van der Waals surface area contributed by atoms with Crippen LogP contribution in [-0.4, -0.2) is 27.4 Å². The lowest BCUT2D eigenvalue weighted by atomic mass is 10.0. The fourth-order valence-corrected chi connectivity index (χ4v) is 3.91. The van der Waals surface area contributed by atoms with Crippen LogP contribution in [0.4, 0.5) is 11.4 Å². The van der Waals surface area contributed by atoms with Crippen LogP contribution in [0, 0.1) is 0 Å². The molecule has 0 aliphatic carbocycles. The van der Waals surface area contributed by atoms with Gasteiger partial charge in [-0.25, -0.2) is 13.2 Å². The number of rotatable bonds is 4. The van der Waals surface area contributed by atoms with Crippen molar-refractivity contribution in [3.63, 3.8) is 0 Å². The normalized spacial score (nSPS) is 13.5. The molecular formula is C17H15ClN2O5S. The van der Waals surface area contributed by atoms with E-state index in [2.05, 4.69) is 14.8 Å². The molecule has 0 fully saturated rings. The molecular weight excluding hydrogens is 380 g/mol. The fourth-order valence-electron chi connectivity index (χ4n) is 2.62. The Morgan fingerprint density at radius 3 is 2.69 bits per heavy atom. The topological polar surface area (TPSA) is 102 Å². The van der Waals surface area contributed by atoms with Crippen molar-refractivity contribution < 1.29 is 22.7 Å². The first-order valence-corrected chi connectivity index (χ1v) is 9.50. The lowest BCUT2D eigenvalue weighted by molar-refractivity contribution is -0.116. The van der Waals surface area contributed by atoms with Gasteiger partial charge in [-0.15, -0.1) is 0 Å². The second kappa shape index (κ2) is 6.97. The molecule has 3 rings (SSSR count). The molecule has 26 heavy (non-hydrogen) atoms. The van der Waals surface area contributed by atoms with E-state index in [1.54, 1.807) is 6.07 Å². The zero-order chi connectivity index (χ0) is 18.9. The average Bonchev–Trinajstić information content (AvgIpc) is 2.60. The largest absolute Gasteiger partial charge is 0.465 e. The van der Waals surface area contributed by atoms with Gasteiger partial charge < -0.3 is 10.1 Å². The third-order valence-corrected chi connectivity index (χ3v) is 5.51. The first-order valence-electron chi connectivity index (χ1n) is 7.63. The van der Waals surface area contributed by atoms with Crippen LogP contribution in [0.15, 0.2) is 41.3 Å². The lowest BCUT2D eigenvalue weighted by Crippen LogP contribution is -2.20. The monoisotopic (exact) mass is 394 g/mol. The van der Waals surface area contributed by atoms with Crippen molar-refractivity contribution in [3.8, 4) is 0 Å². The van der Waals surface area contributed by atoms with E-state index >= 15 is 0 Å². The number of hydrogen-bond donors (Lipinski definition) is 2. The smallest absolute Gasteiger partial charge is 0.339 e. The molecule has 0 saturated heterocycles. The van der Waals surface area contributed by atoms with Crippen LogP contribution < -0.4 is 10.0 Å². The molecule has 0 spiro atoms. The summed E-state index contributed by atoms with van der Waals surface area (Å²) in [6.45, 7) is 0. The Bertz CT molecular complexity index is 1000. The molecule has 2 N–H and O–H groups in total. The molecule has 2 aromatic carbocycles. The third kappa shape index (κ3) is 3.66. The van der Waals surface area contributed by atoms with Gasteiger partial charge in [0, 0.05) is 17.1 Å². The van der Waals surface area contributed by atoms with Crippen LogP contribution in [-0.2, 0) is 26.0 Å². The number of methoxy groups -OCH3 is 1. The van der Waals surface area contributed by atoms with Gasteiger partial charge in [0.05, 0.1) is 23.3 Å². The molecule has 0 unspecified atom stereocenters. The Balaban J connectivity index is 1.96. The summed E-state index contributed by atoms with van der Waals surface area (Å²) in [5, 5.41) is 2.96. The quantitative estimate of drug-likeness (QED) is 0.776. The number of carbonyl (C=O) groups is 2. The number of halogens is 1. The summed E-state index contributed by atoms with van der Waals surface area (Å²) in [5.41, 5.74) is 1.39. The molecule has 1 aliphatic rings. The Labute approximate surface area is 155 Å². The standard InChI is InChI=1S/C17H15ClN2O5S/c1-25-17(22)13-5-3-11(18)9-15(13)20-26(23,24)12-4-6-14-10(8-12)2-7-16(21)19-14/h3-6,8-9,20H,2,7H2,1H3,(H,19,21). The van der Waals surface area contributed by atoms with Gasteiger partial charge in [0.2, 0.25) is 5.91 Å². The molecule has 0 atom stereocenters. The SMILES string of the molecule is COC(=O)c1ccc(Cl)cc1NS(=O)(=O)c1ccc2c(c1)CCC(=O)N2. The molecule has 0 radical (unpaired) electrons. The minimum absolute atomic E-state index is 0.0168. The number of sulfonamides is 1. The number of fused-ring (bicyclic) bond motifs is 1. The molecule has 9 heteroatoms. The van der Waals surface area contributed by atoms with E-state index in [0.717, 1.165) is 5.56 Å². The zero-order valence-corrected chi connectivity index (χ0v) is 15.3. The first-order chi connectivity index (χ1) is 12.3. The van der Waals surface area contributed by atoms with Gasteiger partial charge in [-0.3, -0.25) is 9.52 Å². The predicted molar refractivity (Wildman–Crippen MR) is 97.0 cm³/mol. The molecule has 0 bridgehead atoms. The highest BCUT2D eigenvalue weighted by molar-refractivity contribution is 7.92. The van der Waals surface area contributed by atoms with Gasteiger partial charge in [0.1, 0.15) is 0 Å². The van der Waals surface area contributed by atoms with Gasteiger partial charge >= 0.3 is 5.97 Å². The Kier molecular flexibility index (Phi) is 4.88. The minimum atomic E-state index is -3.97. The Hall–Kier alpha value is -2.58. The van der Waals surface area contributed by atoms with Crippen molar-refractivity contribution in [2.75, 3.05) is 17.1 Å². The van der Waals surface area contributed by atoms with Gasteiger partial charge in [-0.1, -0.05) is 11.6 Å². The van der Waals surface area contributed by atoms with Gasteiger partial charge in [0.25, 0.3) is 10.0 Å². The summed E-state index contributed by atoms with van der Waals surface area (Å²) in [6.07, 6.45) is 0.750. The first kappa shape index (κ1) is 18.2. The van der Waals surface area contributed by atoms with Crippen molar-refractivity contribution in [2.45, 2.75) is 17.7 Å². The number of aryl methyl sites for hydroxylation is 1. The molecule has 0 saturated carbocycles. The molecule has 7 nitrogen and oxygen atoms in total. The number of esters is 1. The Morgan fingerprint density at radius 2 is 1.96 bits per heavy atom. The van der Waals surface area contributed by atoms with Crippen molar-refractivity contribution in [1.29, 1.82) is 0 Å². The second-order valence-corrected chi connectivity index (χ2v) is 7.77. The van der Waals surface area contributed by atoms with Crippen LogP contribution in [0.25, 0.3) is 0 Å². The molecule has 2 aromatic rings. The van der Waals surface area contributed by atoms with Crippen molar-refractivity contribution in [3.05, 3.63) is 52.5 Å². The van der Waals surface area contributed by atoms with Crippen LogP contribution in [0.2, 0.25) is 5.02 Å². The van der Waals surface area contributed by atoms with E-state index in [9.17, 15) is 18.0 Å². The number of nitrogens with one attached hydrogen (secondary N) is 2. The summed E-state index contributed by atoms with van der Waals surface area (Å²) in [7, 11) is -2.77. The molecule has 0 aromatic heterocycles. The number of anilines is 2. The highest BCUT2D eigenvalue weighted by Crippen LogP contribution is 2.28. The van der Waals surface area contributed by atoms with Crippen LogP contribution in [0.5, 0.6) is 0 Å². The molecule has 1 aliphatic heterocycles. The van der Waals surface area contributed by atoms with Crippen molar-refractivity contribution in [2.24, 2.45) is 0 Å². The summed E-state index contributed by atoms with van der Waals surface area (Å²) >= 11 is 5.92. The number of ether oxygens (including phenoxy) is 1. The van der Waals surface area contributed by atoms with Crippen LogP contribution in [0.3, 0.4) is 0 Å². The van der Waals surface area contributed by atoms with Crippen molar-refractivity contribution in [1.82, 2.24) is 0 Å². The zero-order valence-electron chi connectivity index (χ0n) is 13.7. The maximum absolute atomic E-state index is 12.7. The minimum Gasteiger partial charge on any atom is -0.465 e. The van der Waals surface area contributed by atoms with Crippen molar-refractivity contribution >= 4 is 44.9 Å². The van der Waals surface area contributed by atoms with E-state index in [1.807, 2.05) is 0 Å². The van der Waals surface area contributed by atoms with E-state index in [4.69, 9.17) is 11.6 Å². The second-order valence-electron chi connectivity index (χ2n) is 5.65. The molecule has 1 heterocycles. The summed E-state index contributed by atoms with van der Waals surface area (Å²) in [6, 6.07) is 8.61. The maximum atomic E-state index is 12.7. The summed E-state index contributed by atoms with van der Waals surface area (Å²) in [4.78, 5) is 23.3. The number of carbonyl (C=O) groups excluding carboxylic acids is 2. The van der Waals surface area contributed by atoms with E-state index in [1.165, 1.54) is 37.4 Å². The summed E-state index contributed by atoms with van der Waals surface area (Å²) < 4.78 is 32.5. The number of amides is 1. The highest BCUT2D eigenvalue weighted by Gasteiger charge is 2.22. The average molecular weight is 395 g/mol. The molecule has 136 valence electrons. The highest BCUT2D eigenvalue weighted by atomic mass is 35.5. The van der Waals surface area contributed by atoms with E-state index in [0.29, 0.717) is 18.5 Å². The van der Waals surface area contributed by atoms with E-state index in [-0.39, 0.29) is 27.1 Å². The fraction of sp³-hybridized carbons (Fsp3) is 0.176. The van der Waals surface area contributed by atoms with Crippen LogP contribution in [0.1, 0.15) is 22.3 Å². The van der Waals surface area contributed by atoms with Gasteiger partial charge in [0.15, 0.2) is 0 Å². The molecule has 1 amide bonds. The number of benzene rings is 2.